The lowest BCUT2D eigenvalue weighted by Crippen LogP contribution is -2.37. The predicted molar refractivity (Wildman–Crippen MR) is 94.1 cm³/mol. The van der Waals surface area contributed by atoms with Crippen LogP contribution < -0.4 is 5.32 Å². The van der Waals surface area contributed by atoms with Crippen LogP contribution in [0.4, 0.5) is 0 Å². The summed E-state index contributed by atoms with van der Waals surface area (Å²) in [5.41, 5.74) is 1.99. The third-order valence-corrected chi connectivity index (χ3v) is 4.21. The molecule has 1 aliphatic heterocycles. The molecule has 0 radical (unpaired) electrons. The van der Waals surface area contributed by atoms with Crippen molar-refractivity contribution in [2.24, 2.45) is 0 Å². The van der Waals surface area contributed by atoms with Crippen molar-refractivity contribution >= 4 is 11.8 Å². The molecule has 3 rings (SSSR count). The van der Waals surface area contributed by atoms with Crippen molar-refractivity contribution in [2.45, 2.75) is 25.8 Å². The fraction of sp³-hybridized carbons (Fsp3) is 0.316. The van der Waals surface area contributed by atoms with Crippen LogP contribution in [0.15, 0.2) is 42.6 Å². The summed E-state index contributed by atoms with van der Waals surface area (Å²) in [6, 6.07) is 10.3. The van der Waals surface area contributed by atoms with Crippen molar-refractivity contribution in [3.8, 4) is 17.0 Å². The molecule has 2 aromatic rings. The van der Waals surface area contributed by atoms with Crippen molar-refractivity contribution in [1.29, 1.82) is 0 Å². The Labute approximate surface area is 146 Å². The van der Waals surface area contributed by atoms with Crippen LogP contribution in [0.2, 0.25) is 0 Å². The van der Waals surface area contributed by atoms with Crippen LogP contribution in [0.3, 0.4) is 0 Å². The lowest BCUT2D eigenvalue weighted by Gasteiger charge is -2.16. The van der Waals surface area contributed by atoms with Crippen LogP contribution in [0.25, 0.3) is 11.3 Å². The summed E-state index contributed by atoms with van der Waals surface area (Å²) in [5, 5.41) is 12.3. The van der Waals surface area contributed by atoms with Gasteiger partial charge in [0.05, 0.1) is 17.9 Å². The third kappa shape index (κ3) is 3.96. The molecule has 1 saturated heterocycles. The van der Waals surface area contributed by atoms with Crippen LogP contribution in [-0.2, 0) is 4.79 Å². The van der Waals surface area contributed by atoms with E-state index in [0.717, 1.165) is 18.5 Å². The zero-order valence-electron chi connectivity index (χ0n) is 14.1. The predicted octanol–water partition coefficient (Wildman–Crippen LogP) is 2.19. The van der Waals surface area contributed by atoms with Gasteiger partial charge in [0.25, 0.3) is 5.91 Å². The first kappa shape index (κ1) is 17.0. The average Bonchev–Trinajstić information content (AvgIpc) is 2.95. The third-order valence-electron chi connectivity index (χ3n) is 4.21. The fourth-order valence-electron chi connectivity index (χ4n) is 3.00. The minimum atomic E-state index is -0.197. The van der Waals surface area contributed by atoms with Gasteiger partial charge < -0.3 is 15.3 Å². The van der Waals surface area contributed by atoms with Gasteiger partial charge in [0.15, 0.2) is 0 Å². The van der Waals surface area contributed by atoms with Crippen molar-refractivity contribution < 1.29 is 14.7 Å². The maximum atomic E-state index is 12.5. The number of likely N-dealkylation sites (tertiary alicyclic amines) is 1. The fourth-order valence-corrected chi connectivity index (χ4v) is 3.00. The first-order valence-electron chi connectivity index (χ1n) is 8.41. The largest absolute Gasteiger partial charge is 0.506 e. The van der Waals surface area contributed by atoms with Crippen LogP contribution in [-0.4, -0.2) is 45.9 Å². The number of amides is 2. The lowest BCUT2D eigenvalue weighted by molar-refractivity contribution is -0.127. The number of aromatic hydroxyl groups is 1. The van der Waals surface area contributed by atoms with E-state index in [-0.39, 0.29) is 23.6 Å². The molecule has 1 fully saturated rings. The SMILES string of the molecule is CCCN1C[C@@H](NC(=O)c2cccc(-c3ccc(O)cn3)c2)CC1=O. The van der Waals surface area contributed by atoms with Gasteiger partial charge in [-0.1, -0.05) is 19.1 Å². The quantitative estimate of drug-likeness (QED) is 0.875. The second kappa shape index (κ2) is 7.34. The van der Waals surface area contributed by atoms with Crippen LogP contribution >= 0.6 is 0 Å². The number of aromatic nitrogens is 1. The van der Waals surface area contributed by atoms with Crippen LogP contribution in [0, 0.1) is 0 Å². The molecule has 1 atom stereocenters. The Balaban J connectivity index is 1.70. The molecule has 0 spiro atoms. The number of carbonyl (C=O) groups excluding carboxylic acids is 2. The van der Waals surface area contributed by atoms with E-state index in [2.05, 4.69) is 10.3 Å². The topological polar surface area (TPSA) is 82.5 Å². The summed E-state index contributed by atoms with van der Waals surface area (Å²) in [6.07, 6.45) is 2.63. The first-order valence-corrected chi connectivity index (χ1v) is 8.41. The highest BCUT2D eigenvalue weighted by molar-refractivity contribution is 5.96. The summed E-state index contributed by atoms with van der Waals surface area (Å²) in [6.45, 7) is 3.33. The molecule has 1 aliphatic rings. The summed E-state index contributed by atoms with van der Waals surface area (Å²) < 4.78 is 0. The van der Waals surface area contributed by atoms with Crippen molar-refractivity contribution in [3.05, 3.63) is 48.2 Å². The maximum absolute atomic E-state index is 12.5. The van der Waals surface area contributed by atoms with Gasteiger partial charge in [-0.25, -0.2) is 0 Å². The molecule has 1 aromatic heterocycles. The molecule has 2 heterocycles. The highest BCUT2D eigenvalue weighted by atomic mass is 16.3. The van der Waals surface area contributed by atoms with E-state index in [1.54, 1.807) is 35.2 Å². The van der Waals surface area contributed by atoms with Crippen molar-refractivity contribution in [1.82, 2.24) is 15.2 Å². The van der Waals surface area contributed by atoms with Gasteiger partial charge in [0.2, 0.25) is 5.91 Å². The molecule has 25 heavy (non-hydrogen) atoms. The second-order valence-electron chi connectivity index (χ2n) is 6.20. The van der Waals surface area contributed by atoms with E-state index in [1.807, 2.05) is 13.0 Å². The Morgan fingerprint density at radius 3 is 2.92 bits per heavy atom. The van der Waals surface area contributed by atoms with Gasteiger partial charge in [-0.15, -0.1) is 0 Å². The zero-order chi connectivity index (χ0) is 17.8. The standard InChI is InChI=1S/C19H21N3O3/c1-2-8-22-12-15(10-18(22)24)21-19(25)14-5-3-4-13(9-14)17-7-6-16(23)11-20-17/h3-7,9,11,15,23H,2,8,10,12H2,1H3,(H,21,25)/t15-/m0/s1. The maximum Gasteiger partial charge on any atom is 0.251 e. The molecule has 0 saturated carbocycles. The molecule has 0 unspecified atom stereocenters. The Morgan fingerprint density at radius 2 is 2.20 bits per heavy atom. The zero-order valence-corrected chi connectivity index (χ0v) is 14.1. The summed E-state index contributed by atoms with van der Waals surface area (Å²) in [5.74, 6) is -0.00819. The van der Waals surface area contributed by atoms with E-state index >= 15 is 0 Å². The van der Waals surface area contributed by atoms with E-state index in [1.165, 1.54) is 6.20 Å². The van der Waals surface area contributed by atoms with E-state index in [9.17, 15) is 14.7 Å². The van der Waals surface area contributed by atoms with Gasteiger partial charge >= 0.3 is 0 Å². The van der Waals surface area contributed by atoms with Crippen LogP contribution in [0.5, 0.6) is 5.75 Å². The molecule has 130 valence electrons. The highest BCUT2D eigenvalue weighted by Gasteiger charge is 2.30. The molecule has 2 N–H and O–H groups in total. The van der Waals surface area contributed by atoms with E-state index in [4.69, 9.17) is 0 Å². The van der Waals surface area contributed by atoms with Gasteiger partial charge in [0.1, 0.15) is 5.75 Å². The molecule has 2 amide bonds. The normalized spacial score (nSPS) is 16.9. The Hall–Kier alpha value is -2.89. The summed E-state index contributed by atoms with van der Waals surface area (Å²) in [4.78, 5) is 30.4. The molecule has 1 aromatic carbocycles. The number of hydrogen-bond acceptors (Lipinski definition) is 4. The molecule has 0 aliphatic carbocycles. The van der Waals surface area contributed by atoms with Crippen molar-refractivity contribution in [2.75, 3.05) is 13.1 Å². The number of pyridine rings is 1. The smallest absolute Gasteiger partial charge is 0.251 e. The first-order chi connectivity index (χ1) is 12.1. The highest BCUT2D eigenvalue weighted by Crippen LogP contribution is 2.20. The van der Waals surface area contributed by atoms with E-state index in [0.29, 0.717) is 24.2 Å². The summed E-state index contributed by atoms with van der Waals surface area (Å²) >= 11 is 0. The minimum Gasteiger partial charge on any atom is -0.506 e. The molecule has 6 heteroatoms. The van der Waals surface area contributed by atoms with E-state index < -0.39 is 0 Å². The number of nitrogens with zero attached hydrogens (tertiary/aromatic N) is 2. The number of carbonyl (C=O) groups is 2. The Kier molecular flexibility index (Phi) is 4.97. The van der Waals surface area contributed by atoms with Gasteiger partial charge in [0, 0.05) is 30.6 Å². The summed E-state index contributed by atoms with van der Waals surface area (Å²) in [7, 11) is 0. The van der Waals surface area contributed by atoms with Crippen LogP contribution in [0.1, 0.15) is 30.1 Å². The van der Waals surface area contributed by atoms with Crippen molar-refractivity contribution in [3.63, 3.8) is 0 Å². The van der Waals surface area contributed by atoms with Gasteiger partial charge in [-0.2, -0.15) is 0 Å². The molecule has 0 bridgehead atoms. The Bertz CT molecular complexity index is 774. The van der Waals surface area contributed by atoms with Gasteiger partial charge in [-0.3, -0.25) is 14.6 Å². The number of rotatable bonds is 5. The number of nitrogens with one attached hydrogen (secondary N) is 1. The Morgan fingerprint density at radius 1 is 1.36 bits per heavy atom. The average molecular weight is 339 g/mol. The molecule has 6 nitrogen and oxygen atoms in total. The minimum absolute atomic E-state index is 0.0918. The molecular formula is C19H21N3O3. The molecular weight excluding hydrogens is 318 g/mol. The number of benzene rings is 1. The monoisotopic (exact) mass is 339 g/mol. The number of hydrogen-bond donors (Lipinski definition) is 2. The lowest BCUT2D eigenvalue weighted by atomic mass is 10.1. The second-order valence-corrected chi connectivity index (χ2v) is 6.20. The van der Waals surface area contributed by atoms with Gasteiger partial charge in [-0.05, 0) is 30.7 Å².